The maximum Gasteiger partial charge on any atom is 0.248 e. The lowest BCUT2D eigenvalue weighted by Gasteiger charge is -2.27. The van der Waals surface area contributed by atoms with Crippen LogP contribution in [0.1, 0.15) is 39.0 Å². The highest BCUT2D eigenvalue weighted by molar-refractivity contribution is 5.77. The van der Waals surface area contributed by atoms with Gasteiger partial charge in [-0.3, -0.25) is 4.79 Å². The molecule has 0 N–H and O–H groups in total. The number of likely N-dealkylation sites (N-methyl/N-ethyl adjacent to an activating group) is 1. The monoisotopic (exact) mass is 239 g/mol. The van der Waals surface area contributed by atoms with Crippen LogP contribution in [0.4, 0.5) is 0 Å². The van der Waals surface area contributed by atoms with Crippen LogP contribution in [0.25, 0.3) is 0 Å². The first-order valence-electron chi connectivity index (χ1n) is 7.02. The minimum absolute atomic E-state index is 0.140. The Kier molecular flexibility index (Phi) is 4.43. The molecule has 2 bridgehead atoms. The summed E-state index contributed by atoms with van der Waals surface area (Å²) < 4.78 is 5.30. The topological polar surface area (TPSA) is 29.5 Å². The number of carbonyl (C=O) groups excluding carboxylic acids is 1. The van der Waals surface area contributed by atoms with Gasteiger partial charge in [-0.1, -0.05) is 13.3 Å². The van der Waals surface area contributed by atoms with Crippen LogP contribution in [0.15, 0.2) is 0 Å². The highest BCUT2D eigenvalue weighted by atomic mass is 16.5. The van der Waals surface area contributed by atoms with Crippen molar-refractivity contribution < 1.29 is 9.53 Å². The number of carbonyl (C=O) groups is 1. The lowest BCUT2D eigenvalue weighted by Crippen LogP contribution is -2.36. The summed E-state index contributed by atoms with van der Waals surface area (Å²) in [6, 6.07) is 0. The molecular formula is C14H25NO2. The molecule has 0 aromatic rings. The molecule has 17 heavy (non-hydrogen) atoms. The van der Waals surface area contributed by atoms with Gasteiger partial charge >= 0.3 is 0 Å². The molecule has 3 heteroatoms. The quantitative estimate of drug-likeness (QED) is 0.666. The first-order chi connectivity index (χ1) is 8.20. The van der Waals surface area contributed by atoms with Gasteiger partial charge < -0.3 is 9.64 Å². The third kappa shape index (κ3) is 3.21. The number of hydrogen-bond acceptors (Lipinski definition) is 2. The van der Waals surface area contributed by atoms with Crippen molar-refractivity contribution in [1.29, 1.82) is 0 Å². The largest absolute Gasteiger partial charge is 0.372 e. The lowest BCUT2D eigenvalue weighted by atomic mass is 9.88. The molecule has 2 fully saturated rings. The average molecular weight is 239 g/mol. The number of rotatable bonds is 6. The fraction of sp³-hybridized carbons (Fsp3) is 0.929. The predicted octanol–water partition coefficient (Wildman–Crippen LogP) is 2.31. The predicted molar refractivity (Wildman–Crippen MR) is 67.7 cm³/mol. The molecule has 98 valence electrons. The van der Waals surface area contributed by atoms with Crippen molar-refractivity contribution in [2.24, 2.45) is 17.8 Å². The SMILES string of the molecule is CCCOCC(=O)N(C)CC1CC2CCC1C2. The molecular weight excluding hydrogens is 214 g/mol. The van der Waals surface area contributed by atoms with Gasteiger partial charge in [0.1, 0.15) is 6.61 Å². The van der Waals surface area contributed by atoms with E-state index in [1.807, 2.05) is 11.9 Å². The molecule has 2 saturated carbocycles. The van der Waals surface area contributed by atoms with Crippen LogP contribution in [0.3, 0.4) is 0 Å². The molecule has 3 nitrogen and oxygen atoms in total. The highest BCUT2D eigenvalue weighted by Crippen LogP contribution is 2.48. The van der Waals surface area contributed by atoms with Gasteiger partial charge in [-0.25, -0.2) is 0 Å². The van der Waals surface area contributed by atoms with Gasteiger partial charge in [0.15, 0.2) is 0 Å². The van der Waals surface area contributed by atoms with Gasteiger partial charge in [0, 0.05) is 20.2 Å². The Labute approximate surface area is 105 Å². The van der Waals surface area contributed by atoms with Crippen molar-refractivity contribution >= 4 is 5.91 Å². The Morgan fingerprint density at radius 2 is 2.18 bits per heavy atom. The molecule has 0 aromatic carbocycles. The first kappa shape index (κ1) is 12.9. The van der Waals surface area contributed by atoms with Crippen LogP contribution in [-0.2, 0) is 9.53 Å². The molecule has 0 aliphatic heterocycles. The van der Waals surface area contributed by atoms with Crippen LogP contribution >= 0.6 is 0 Å². The summed E-state index contributed by atoms with van der Waals surface area (Å²) in [4.78, 5) is 13.7. The third-order valence-electron chi connectivity index (χ3n) is 4.39. The van der Waals surface area contributed by atoms with Crippen LogP contribution in [0.2, 0.25) is 0 Å². The Morgan fingerprint density at radius 1 is 1.35 bits per heavy atom. The van der Waals surface area contributed by atoms with Gasteiger partial charge in [0.25, 0.3) is 0 Å². The van der Waals surface area contributed by atoms with Crippen molar-refractivity contribution in [3.05, 3.63) is 0 Å². The molecule has 0 aromatic heterocycles. The fourth-order valence-electron chi connectivity index (χ4n) is 3.47. The van der Waals surface area contributed by atoms with Crippen LogP contribution in [-0.4, -0.2) is 37.6 Å². The minimum atomic E-state index is 0.140. The van der Waals surface area contributed by atoms with Crippen molar-refractivity contribution in [2.75, 3.05) is 26.8 Å². The summed E-state index contributed by atoms with van der Waals surface area (Å²) in [6.45, 7) is 3.94. The summed E-state index contributed by atoms with van der Waals surface area (Å²) in [5, 5.41) is 0. The Balaban J connectivity index is 1.69. The zero-order valence-corrected chi connectivity index (χ0v) is 11.2. The summed E-state index contributed by atoms with van der Waals surface area (Å²) in [5.41, 5.74) is 0. The molecule has 2 aliphatic carbocycles. The van der Waals surface area contributed by atoms with Gasteiger partial charge in [-0.15, -0.1) is 0 Å². The fourth-order valence-corrected chi connectivity index (χ4v) is 3.47. The normalized spacial score (nSPS) is 30.8. The Hall–Kier alpha value is -0.570. The average Bonchev–Trinajstić information content (AvgIpc) is 2.91. The summed E-state index contributed by atoms with van der Waals surface area (Å²) in [5.74, 6) is 2.76. The van der Waals surface area contributed by atoms with E-state index in [2.05, 4.69) is 6.92 Å². The maximum atomic E-state index is 11.8. The van der Waals surface area contributed by atoms with E-state index in [4.69, 9.17) is 4.74 Å². The van der Waals surface area contributed by atoms with E-state index in [1.165, 1.54) is 25.7 Å². The Bertz CT molecular complexity index is 267. The molecule has 1 amide bonds. The van der Waals surface area contributed by atoms with Crippen LogP contribution < -0.4 is 0 Å². The molecule has 0 spiro atoms. The second kappa shape index (κ2) is 5.85. The number of amides is 1. The molecule has 0 saturated heterocycles. The van der Waals surface area contributed by atoms with Gasteiger partial charge in [-0.05, 0) is 43.4 Å². The lowest BCUT2D eigenvalue weighted by molar-refractivity contribution is -0.135. The molecule has 0 radical (unpaired) electrons. The van der Waals surface area contributed by atoms with E-state index in [0.29, 0.717) is 6.61 Å². The molecule has 2 aliphatic rings. The first-order valence-corrected chi connectivity index (χ1v) is 7.02. The second-order valence-electron chi connectivity index (χ2n) is 5.76. The number of nitrogens with zero attached hydrogens (tertiary/aromatic N) is 1. The van der Waals surface area contributed by atoms with Gasteiger partial charge in [-0.2, -0.15) is 0 Å². The summed E-state index contributed by atoms with van der Waals surface area (Å²) in [6.07, 6.45) is 6.56. The summed E-state index contributed by atoms with van der Waals surface area (Å²) >= 11 is 0. The van der Waals surface area contributed by atoms with E-state index in [1.54, 1.807) is 0 Å². The number of ether oxygens (including phenoxy) is 1. The zero-order valence-electron chi connectivity index (χ0n) is 11.2. The van der Waals surface area contributed by atoms with Crippen LogP contribution in [0.5, 0.6) is 0 Å². The van der Waals surface area contributed by atoms with E-state index >= 15 is 0 Å². The maximum absolute atomic E-state index is 11.8. The van der Waals surface area contributed by atoms with E-state index in [-0.39, 0.29) is 12.5 Å². The van der Waals surface area contributed by atoms with Crippen molar-refractivity contribution in [2.45, 2.75) is 39.0 Å². The van der Waals surface area contributed by atoms with E-state index < -0.39 is 0 Å². The van der Waals surface area contributed by atoms with Crippen LogP contribution in [0, 0.1) is 17.8 Å². The van der Waals surface area contributed by atoms with Crippen molar-refractivity contribution in [1.82, 2.24) is 4.90 Å². The van der Waals surface area contributed by atoms with Crippen molar-refractivity contribution in [3.8, 4) is 0 Å². The van der Waals surface area contributed by atoms with Crippen molar-refractivity contribution in [3.63, 3.8) is 0 Å². The molecule has 3 unspecified atom stereocenters. The third-order valence-corrected chi connectivity index (χ3v) is 4.39. The molecule has 3 atom stereocenters. The minimum Gasteiger partial charge on any atom is -0.372 e. The summed E-state index contributed by atoms with van der Waals surface area (Å²) in [7, 11) is 1.92. The Morgan fingerprint density at radius 3 is 2.76 bits per heavy atom. The van der Waals surface area contributed by atoms with E-state index in [9.17, 15) is 4.79 Å². The molecule has 0 heterocycles. The zero-order chi connectivity index (χ0) is 12.3. The smallest absolute Gasteiger partial charge is 0.248 e. The number of fused-ring (bicyclic) bond motifs is 2. The highest BCUT2D eigenvalue weighted by Gasteiger charge is 2.39. The van der Waals surface area contributed by atoms with E-state index in [0.717, 1.165) is 30.7 Å². The molecule has 2 rings (SSSR count). The number of hydrogen-bond donors (Lipinski definition) is 0. The van der Waals surface area contributed by atoms with Gasteiger partial charge in [0.2, 0.25) is 5.91 Å². The van der Waals surface area contributed by atoms with Gasteiger partial charge in [0.05, 0.1) is 0 Å². The standard InChI is InChI=1S/C14H25NO2/c1-3-6-17-10-14(16)15(2)9-13-8-11-4-5-12(13)7-11/h11-13H,3-10H2,1-2H3. The second-order valence-corrected chi connectivity index (χ2v) is 5.76.